The summed E-state index contributed by atoms with van der Waals surface area (Å²) in [7, 11) is 4.50. The Hall–Kier alpha value is -4.01. The predicted octanol–water partition coefficient (Wildman–Crippen LogP) is 8.25. The highest BCUT2D eigenvalue weighted by molar-refractivity contribution is 6.21. The zero-order valence-electron chi connectivity index (χ0n) is 29.6. The van der Waals surface area contributed by atoms with Crippen molar-refractivity contribution in [2.75, 3.05) is 58.7 Å². The van der Waals surface area contributed by atoms with E-state index >= 15 is 0 Å². The number of benzene rings is 3. The van der Waals surface area contributed by atoms with Crippen LogP contribution in [0.5, 0.6) is 0 Å². The first-order valence-electron chi connectivity index (χ1n) is 18.4. The van der Waals surface area contributed by atoms with Crippen molar-refractivity contribution in [3.8, 4) is 11.1 Å². The van der Waals surface area contributed by atoms with Crippen LogP contribution in [-0.2, 0) is 4.74 Å². The first kappa shape index (κ1) is 36.3. The maximum Gasteiger partial charge on any atom is 0.411 e. The molecule has 8 nitrogen and oxygen atoms in total. The van der Waals surface area contributed by atoms with Gasteiger partial charge in [0.15, 0.2) is 0 Å². The summed E-state index contributed by atoms with van der Waals surface area (Å²) >= 11 is 0. The Morgan fingerprint density at radius 1 is 0.673 bits per heavy atom. The Labute approximate surface area is 293 Å². The fourth-order valence-corrected chi connectivity index (χ4v) is 7.15. The highest BCUT2D eigenvalue weighted by atomic mass is 16.6. The van der Waals surface area contributed by atoms with Gasteiger partial charge in [0.25, 0.3) is 11.8 Å². The van der Waals surface area contributed by atoms with Crippen molar-refractivity contribution in [2.24, 2.45) is 0 Å². The number of fused-ring (bicyclic) bond motifs is 1. The van der Waals surface area contributed by atoms with Crippen molar-refractivity contribution in [3.05, 3.63) is 90.0 Å². The lowest BCUT2D eigenvalue weighted by molar-refractivity contribution is -0.890. The quantitative estimate of drug-likeness (QED) is 0.0840. The number of nitrogens with zero attached hydrogens (tertiary/aromatic N) is 3. The van der Waals surface area contributed by atoms with E-state index in [9.17, 15) is 14.4 Å². The molecule has 2 aliphatic heterocycles. The molecular formula is C41H55N4O4+. The molecular weight excluding hydrogens is 612 g/mol. The Bertz CT molecular complexity index is 1480. The number of unbranched alkanes of at least 4 members (excludes halogenated alkanes) is 7. The number of ether oxygens (including phenoxy) is 1. The topological polar surface area (TPSA) is 79.0 Å². The molecule has 262 valence electrons. The average Bonchev–Trinajstić information content (AvgIpc) is 3.35. The summed E-state index contributed by atoms with van der Waals surface area (Å²) in [6, 6.07) is 25.0. The van der Waals surface area contributed by atoms with Gasteiger partial charge >= 0.3 is 6.09 Å². The Morgan fingerprint density at radius 3 is 1.86 bits per heavy atom. The van der Waals surface area contributed by atoms with E-state index in [0.29, 0.717) is 17.7 Å². The molecule has 8 heteroatoms. The lowest BCUT2D eigenvalue weighted by atomic mass is 10.0. The first-order valence-corrected chi connectivity index (χ1v) is 18.4. The van der Waals surface area contributed by atoms with Gasteiger partial charge in [0.1, 0.15) is 6.10 Å². The van der Waals surface area contributed by atoms with Crippen LogP contribution >= 0.6 is 0 Å². The minimum Gasteiger partial charge on any atom is -0.446 e. The van der Waals surface area contributed by atoms with E-state index in [0.717, 1.165) is 73.3 Å². The third kappa shape index (κ3) is 10.7. The van der Waals surface area contributed by atoms with Gasteiger partial charge in [-0.05, 0) is 62.4 Å². The molecule has 0 aromatic heterocycles. The third-order valence-corrected chi connectivity index (χ3v) is 10.1. The standard InChI is InChI=1S/C41H54N4O4/c1-45(2,32-18-28-44-39(46)36-22-12-13-23-37(36)40(44)47)31-17-8-6-4-3-5-7-16-27-43-29-25-34(26-30-43)49-41(48)42-38-24-15-14-21-35(38)33-19-10-9-11-20-33/h9-15,19-24,34H,3-8,16-18,25-32H2,1-2H3/p+1. The molecule has 2 aliphatic rings. The lowest BCUT2D eigenvalue weighted by Crippen LogP contribution is -2.43. The van der Waals surface area contributed by atoms with Gasteiger partial charge < -0.3 is 14.1 Å². The van der Waals surface area contributed by atoms with Gasteiger partial charge in [0.2, 0.25) is 0 Å². The van der Waals surface area contributed by atoms with Gasteiger partial charge in [-0.1, -0.05) is 92.8 Å². The maximum absolute atomic E-state index is 12.7. The molecule has 0 unspecified atom stereocenters. The van der Waals surface area contributed by atoms with Crippen molar-refractivity contribution in [1.29, 1.82) is 0 Å². The van der Waals surface area contributed by atoms with Crippen molar-refractivity contribution in [2.45, 2.75) is 76.7 Å². The largest absolute Gasteiger partial charge is 0.446 e. The summed E-state index contributed by atoms with van der Waals surface area (Å²) in [5.41, 5.74) is 3.90. The third-order valence-electron chi connectivity index (χ3n) is 10.1. The van der Waals surface area contributed by atoms with Crippen LogP contribution in [0.2, 0.25) is 0 Å². The predicted molar refractivity (Wildman–Crippen MR) is 197 cm³/mol. The summed E-state index contributed by atoms with van der Waals surface area (Å²) in [6.07, 6.45) is 12.3. The molecule has 3 aromatic carbocycles. The number of piperidine rings is 1. The van der Waals surface area contributed by atoms with Crippen molar-refractivity contribution in [1.82, 2.24) is 9.80 Å². The molecule has 1 fully saturated rings. The second-order valence-electron chi connectivity index (χ2n) is 14.4. The lowest BCUT2D eigenvalue weighted by Gasteiger charge is -2.31. The van der Waals surface area contributed by atoms with E-state index in [1.165, 1.54) is 56.3 Å². The molecule has 1 saturated heterocycles. The van der Waals surface area contributed by atoms with E-state index in [1.807, 2.05) is 66.7 Å². The number of carbonyl (C=O) groups is 3. The number of likely N-dealkylation sites (tertiary alicyclic amines) is 1. The maximum atomic E-state index is 12.7. The van der Waals surface area contributed by atoms with Gasteiger partial charge in [0.05, 0.1) is 44.0 Å². The highest BCUT2D eigenvalue weighted by Gasteiger charge is 2.35. The van der Waals surface area contributed by atoms with Crippen LogP contribution in [0.15, 0.2) is 78.9 Å². The summed E-state index contributed by atoms with van der Waals surface area (Å²) in [5.74, 6) is -0.303. The van der Waals surface area contributed by atoms with Crippen molar-refractivity contribution in [3.63, 3.8) is 0 Å². The van der Waals surface area contributed by atoms with Crippen LogP contribution in [0.1, 0.15) is 91.3 Å². The Balaban J connectivity index is 0.848. The van der Waals surface area contributed by atoms with Crippen molar-refractivity contribution < 1.29 is 23.6 Å². The van der Waals surface area contributed by atoms with Crippen LogP contribution in [0.25, 0.3) is 11.1 Å². The van der Waals surface area contributed by atoms with Crippen molar-refractivity contribution >= 4 is 23.6 Å². The highest BCUT2D eigenvalue weighted by Crippen LogP contribution is 2.28. The van der Waals surface area contributed by atoms with Crippen LogP contribution in [0, 0.1) is 0 Å². The molecule has 0 spiro atoms. The molecule has 0 atom stereocenters. The van der Waals surface area contributed by atoms with Gasteiger partial charge in [-0.25, -0.2) is 4.79 Å². The summed E-state index contributed by atoms with van der Waals surface area (Å²) in [4.78, 5) is 41.8. The van der Waals surface area contributed by atoms with E-state index in [2.05, 4.69) is 24.3 Å². The number of hydrogen-bond donors (Lipinski definition) is 1. The zero-order valence-corrected chi connectivity index (χ0v) is 29.6. The van der Waals surface area contributed by atoms with E-state index < -0.39 is 0 Å². The Morgan fingerprint density at radius 2 is 1.20 bits per heavy atom. The molecule has 5 rings (SSSR count). The van der Waals surface area contributed by atoms with Crippen LogP contribution in [0.4, 0.5) is 10.5 Å². The minimum atomic E-state index is -0.373. The number of nitrogens with one attached hydrogen (secondary N) is 1. The number of para-hydroxylation sites is 1. The molecule has 3 amide bonds. The molecule has 0 aliphatic carbocycles. The van der Waals surface area contributed by atoms with Gasteiger partial charge in [0, 0.05) is 31.6 Å². The number of amides is 3. The molecule has 3 aromatic rings. The summed E-state index contributed by atoms with van der Waals surface area (Å²) < 4.78 is 6.72. The second kappa shape index (κ2) is 18.1. The van der Waals surface area contributed by atoms with E-state index in [1.54, 1.807) is 12.1 Å². The molecule has 2 heterocycles. The summed E-state index contributed by atoms with van der Waals surface area (Å²) in [5, 5.41) is 2.97. The molecule has 0 radical (unpaired) electrons. The van der Waals surface area contributed by atoms with Gasteiger partial charge in [-0.2, -0.15) is 0 Å². The minimum absolute atomic E-state index is 0.0331. The number of rotatable bonds is 18. The zero-order chi connectivity index (χ0) is 34.5. The monoisotopic (exact) mass is 667 g/mol. The summed E-state index contributed by atoms with van der Waals surface area (Å²) in [6.45, 7) is 5.66. The van der Waals surface area contributed by atoms with Crippen LogP contribution in [0.3, 0.4) is 0 Å². The SMILES string of the molecule is C[N+](C)(CCCCCCCCCCN1CCC(OC(=O)Nc2ccccc2-c2ccccc2)CC1)CCCN1C(=O)c2ccccc2C1=O. The first-order chi connectivity index (χ1) is 23.8. The molecule has 0 saturated carbocycles. The fraction of sp³-hybridized carbons (Fsp3) is 0.488. The smallest absolute Gasteiger partial charge is 0.411 e. The van der Waals surface area contributed by atoms with Gasteiger partial charge in [-0.3, -0.25) is 19.8 Å². The number of hydrogen-bond acceptors (Lipinski definition) is 5. The average molecular weight is 668 g/mol. The normalized spacial score (nSPS) is 15.4. The second-order valence-corrected chi connectivity index (χ2v) is 14.4. The number of anilines is 1. The molecule has 0 bridgehead atoms. The van der Waals surface area contributed by atoms with Gasteiger partial charge in [-0.15, -0.1) is 0 Å². The Kier molecular flexibility index (Phi) is 13.4. The van der Waals surface area contributed by atoms with E-state index in [-0.39, 0.29) is 24.0 Å². The fourth-order valence-electron chi connectivity index (χ4n) is 7.15. The molecule has 49 heavy (non-hydrogen) atoms. The van der Waals surface area contributed by atoms with Crippen LogP contribution < -0.4 is 5.32 Å². The number of imide groups is 1. The van der Waals surface area contributed by atoms with E-state index in [4.69, 9.17) is 4.74 Å². The molecule has 1 N–H and O–H groups in total. The van der Waals surface area contributed by atoms with Crippen LogP contribution in [-0.4, -0.2) is 91.7 Å². The number of carbonyl (C=O) groups excluding carboxylic acids is 3. The number of quaternary nitrogens is 1.